The number of amides is 1. The summed E-state index contributed by atoms with van der Waals surface area (Å²) in [4.78, 5) is 23.8. The Morgan fingerprint density at radius 2 is 1.81 bits per heavy atom. The molecule has 1 N–H and O–H groups in total. The molecule has 0 atom stereocenters. The lowest BCUT2D eigenvalue weighted by molar-refractivity contribution is -0.119. The fourth-order valence-corrected chi connectivity index (χ4v) is 3.75. The SMILES string of the molecule is CCN(CC)S(=O)(=O)c1ccc(C(=O)OCC(=O)Nc2cc(C)on2)cc1. The predicted octanol–water partition coefficient (Wildman–Crippen LogP) is 1.81. The van der Waals surface area contributed by atoms with Crippen molar-refractivity contribution < 1.29 is 27.3 Å². The number of ether oxygens (including phenoxy) is 1. The highest BCUT2D eigenvalue weighted by molar-refractivity contribution is 7.89. The standard InChI is InChI=1S/C17H21N3O6S/c1-4-20(5-2)27(23,24)14-8-6-13(7-9-14)17(22)25-11-16(21)18-15-10-12(3)26-19-15/h6-10H,4-5,11H2,1-3H3,(H,18,19,21). The van der Waals surface area contributed by atoms with Crippen LogP contribution in [0.15, 0.2) is 39.8 Å². The normalized spacial score (nSPS) is 11.4. The predicted molar refractivity (Wildman–Crippen MR) is 96.7 cm³/mol. The number of nitrogens with one attached hydrogen (secondary N) is 1. The van der Waals surface area contributed by atoms with E-state index in [1.54, 1.807) is 20.8 Å². The molecule has 0 unspecified atom stereocenters. The molecular weight excluding hydrogens is 374 g/mol. The van der Waals surface area contributed by atoms with E-state index in [0.29, 0.717) is 18.8 Å². The number of aryl methyl sites for hydroxylation is 1. The molecule has 9 nitrogen and oxygen atoms in total. The van der Waals surface area contributed by atoms with Crippen molar-refractivity contribution in [2.75, 3.05) is 25.0 Å². The van der Waals surface area contributed by atoms with Crippen LogP contribution in [0.25, 0.3) is 0 Å². The minimum atomic E-state index is -3.60. The third kappa shape index (κ3) is 5.14. The maximum Gasteiger partial charge on any atom is 0.338 e. The second kappa shape index (κ2) is 8.78. The summed E-state index contributed by atoms with van der Waals surface area (Å²) in [5.41, 5.74) is 0.138. The second-order valence-electron chi connectivity index (χ2n) is 5.56. The van der Waals surface area contributed by atoms with Crippen molar-refractivity contribution in [2.24, 2.45) is 0 Å². The Morgan fingerprint density at radius 1 is 1.19 bits per heavy atom. The molecule has 1 amide bonds. The topological polar surface area (TPSA) is 119 Å². The van der Waals surface area contributed by atoms with Crippen LogP contribution >= 0.6 is 0 Å². The molecule has 0 fully saturated rings. The van der Waals surface area contributed by atoms with E-state index in [0.717, 1.165) is 0 Å². The van der Waals surface area contributed by atoms with Gasteiger partial charge in [0.05, 0.1) is 10.5 Å². The first kappa shape index (κ1) is 20.6. The van der Waals surface area contributed by atoms with Gasteiger partial charge >= 0.3 is 5.97 Å². The van der Waals surface area contributed by atoms with E-state index in [1.165, 1.54) is 34.6 Å². The number of hydrogen-bond donors (Lipinski definition) is 1. The molecule has 27 heavy (non-hydrogen) atoms. The van der Waals surface area contributed by atoms with Crippen molar-refractivity contribution >= 4 is 27.7 Å². The molecule has 0 aliphatic carbocycles. The molecule has 1 heterocycles. The van der Waals surface area contributed by atoms with Crippen molar-refractivity contribution in [3.05, 3.63) is 41.7 Å². The first-order valence-electron chi connectivity index (χ1n) is 8.28. The van der Waals surface area contributed by atoms with E-state index in [4.69, 9.17) is 9.26 Å². The molecule has 1 aromatic heterocycles. The van der Waals surface area contributed by atoms with Crippen LogP contribution in [-0.4, -0.2) is 49.5 Å². The van der Waals surface area contributed by atoms with Gasteiger partial charge in [-0.2, -0.15) is 4.31 Å². The number of sulfonamides is 1. The largest absolute Gasteiger partial charge is 0.452 e. The first-order valence-corrected chi connectivity index (χ1v) is 9.72. The van der Waals surface area contributed by atoms with Gasteiger partial charge in [0.25, 0.3) is 5.91 Å². The van der Waals surface area contributed by atoms with Gasteiger partial charge in [-0.1, -0.05) is 19.0 Å². The maximum atomic E-state index is 12.4. The zero-order valence-corrected chi connectivity index (χ0v) is 16.1. The number of nitrogens with zero attached hydrogens (tertiary/aromatic N) is 2. The van der Waals surface area contributed by atoms with Crippen LogP contribution in [0.4, 0.5) is 5.82 Å². The van der Waals surface area contributed by atoms with Gasteiger partial charge in [0.1, 0.15) is 5.76 Å². The Hall–Kier alpha value is -2.72. The minimum Gasteiger partial charge on any atom is -0.452 e. The summed E-state index contributed by atoms with van der Waals surface area (Å²) in [5.74, 6) is -0.563. The number of benzene rings is 1. The Balaban J connectivity index is 1.96. The summed E-state index contributed by atoms with van der Waals surface area (Å²) in [6, 6.07) is 6.88. The van der Waals surface area contributed by atoms with Gasteiger partial charge in [0.2, 0.25) is 10.0 Å². The monoisotopic (exact) mass is 395 g/mol. The zero-order chi connectivity index (χ0) is 20.0. The Kier molecular flexibility index (Phi) is 6.70. The highest BCUT2D eigenvalue weighted by atomic mass is 32.2. The van der Waals surface area contributed by atoms with E-state index >= 15 is 0 Å². The van der Waals surface area contributed by atoms with Gasteiger partial charge in [-0.05, 0) is 31.2 Å². The Labute approximate surface area is 157 Å². The molecule has 10 heteroatoms. The van der Waals surface area contributed by atoms with Gasteiger partial charge in [-0.25, -0.2) is 13.2 Å². The van der Waals surface area contributed by atoms with Crippen LogP contribution in [0.2, 0.25) is 0 Å². The molecule has 0 saturated heterocycles. The average molecular weight is 395 g/mol. The minimum absolute atomic E-state index is 0.0851. The van der Waals surface area contributed by atoms with E-state index in [9.17, 15) is 18.0 Å². The summed E-state index contributed by atoms with van der Waals surface area (Å²) in [6.07, 6.45) is 0. The smallest absolute Gasteiger partial charge is 0.338 e. The van der Waals surface area contributed by atoms with Crippen molar-refractivity contribution in [3.8, 4) is 0 Å². The van der Waals surface area contributed by atoms with Gasteiger partial charge < -0.3 is 14.6 Å². The van der Waals surface area contributed by atoms with E-state index in [-0.39, 0.29) is 16.3 Å². The number of anilines is 1. The third-order valence-corrected chi connectivity index (χ3v) is 5.73. The first-order chi connectivity index (χ1) is 12.8. The Morgan fingerprint density at radius 3 is 2.33 bits per heavy atom. The number of carbonyl (C=O) groups is 2. The molecule has 0 aliphatic rings. The molecule has 0 aliphatic heterocycles. The highest BCUT2D eigenvalue weighted by Crippen LogP contribution is 2.16. The van der Waals surface area contributed by atoms with E-state index < -0.39 is 28.5 Å². The molecule has 146 valence electrons. The molecule has 2 rings (SSSR count). The molecule has 0 saturated carbocycles. The number of aromatic nitrogens is 1. The summed E-state index contributed by atoms with van der Waals surface area (Å²) >= 11 is 0. The Bertz CT molecular complexity index is 901. The van der Waals surface area contributed by atoms with Crippen LogP contribution < -0.4 is 5.32 Å². The van der Waals surface area contributed by atoms with Crippen molar-refractivity contribution in [2.45, 2.75) is 25.7 Å². The molecule has 0 spiro atoms. The lowest BCUT2D eigenvalue weighted by Gasteiger charge is -2.18. The lowest BCUT2D eigenvalue weighted by atomic mass is 10.2. The molecule has 2 aromatic rings. The van der Waals surface area contributed by atoms with Crippen LogP contribution in [0.1, 0.15) is 30.0 Å². The van der Waals surface area contributed by atoms with Crippen molar-refractivity contribution in [1.82, 2.24) is 9.46 Å². The van der Waals surface area contributed by atoms with Crippen molar-refractivity contribution in [1.29, 1.82) is 0 Å². The van der Waals surface area contributed by atoms with Crippen LogP contribution in [0.5, 0.6) is 0 Å². The van der Waals surface area contributed by atoms with Gasteiger partial charge in [-0.3, -0.25) is 4.79 Å². The van der Waals surface area contributed by atoms with Gasteiger partial charge in [-0.15, -0.1) is 0 Å². The molecule has 0 radical (unpaired) electrons. The van der Waals surface area contributed by atoms with Gasteiger partial charge in [0.15, 0.2) is 12.4 Å². The number of rotatable bonds is 8. The molecule has 0 bridgehead atoms. The highest BCUT2D eigenvalue weighted by Gasteiger charge is 2.22. The van der Waals surface area contributed by atoms with Crippen LogP contribution in [0.3, 0.4) is 0 Å². The van der Waals surface area contributed by atoms with Gasteiger partial charge in [0, 0.05) is 19.2 Å². The second-order valence-corrected chi connectivity index (χ2v) is 7.50. The number of carbonyl (C=O) groups excluding carboxylic acids is 2. The van der Waals surface area contributed by atoms with Crippen molar-refractivity contribution in [3.63, 3.8) is 0 Å². The molecule has 1 aromatic carbocycles. The lowest BCUT2D eigenvalue weighted by Crippen LogP contribution is -2.30. The number of esters is 1. The van der Waals surface area contributed by atoms with E-state index in [2.05, 4.69) is 10.5 Å². The summed E-state index contributed by atoms with van der Waals surface area (Å²) in [6.45, 7) is 5.36. The summed E-state index contributed by atoms with van der Waals surface area (Å²) < 4.78 is 35.9. The van der Waals surface area contributed by atoms with E-state index in [1.807, 2.05) is 0 Å². The summed E-state index contributed by atoms with van der Waals surface area (Å²) in [7, 11) is -3.60. The van der Waals surface area contributed by atoms with Crippen LogP contribution in [0, 0.1) is 6.92 Å². The fraction of sp³-hybridized carbons (Fsp3) is 0.353. The fourth-order valence-electron chi connectivity index (χ4n) is 2.29. The van der Waals surface area contributed by atoms with Crippen LogP contribution in [-0.2, 0) is 19.6 Å². The average Bonchev–Trinajstić information content (AvgIpc) is 3.05. The molecular formula is C17H21N3O6S. The number of hydrogen-bond acceptors (Lipinski definition) is 7. The zero-order valence-electron chi connectivity index (χ0n) is 15.3. The third-order valence-electron chi connectivity index (χ3n) is 3.66. The quantitative estimate of drug-likeness (QED) is 0.677. The maximum absolute atomic E-state index is 12.4. The summed E-state index contributed by atoms with van der Waals surface area (Å²) in [5, 5.41) is 6.01.